The van der Waals surface area contributed by atoms with Crippen LogP contribution in [0.15, 0.2) is 30.7 Å². The zero-order valence-electron chi connectivity index (χ0n) is 11.8. The summed E-state index contributed by atoms with van der Waals surface area (Å²) in [6, 6.07) is 3.94. The fourth-order valence-electron chi connectivity index (χ4n) is 1.94. The van der Waals surface area contributed by atoms with Crippen molar-refractivity contribution in [2.45, 2.75) is 12.5 Å². The van der Waals surface area contributed by atoms with Gasteiger partial charge in [0, 0.05) is 12.4 Å². The second-order valence-corrected chi connectivity index (χ2v) is 4.21. The minimum atomic E-state index is -0.00689. The van der Waals surface area contributed by atoms with Gasteiger partial charge >= 0.3 is 0 Å². The van der Waals surface area contributed by atoms with E-state index < -0.39 is 0 Å². The van der Waals surface area contributed by atoms with E-state index in [1.165, 1.54) is 0 Å². The first-order chi connectivity index (χ1) is 9.78. The molecule has 1 N–H and O–H groups in total. The zero-order valence-corrected chi connectivity index (χ0v) is 11.8. The summed E-state index contributed by atoms with van der Waals surface area (Å²) in [5.41, 5.74) is 1.87. The van der Waals surface area contributed by atoms with Crippen LogP contribution in [-0.4, -0.2) is 36.2 Å². The first-order valence-electron chi connectivity index (χ1n) is 6.29. The summed E-state index contributed by atoms with van der Waals surface area (Å²) in [5.74, 6) is 0.898. The average molecular weight is 274 g/mol. The summed E-state index contributed by atoms with van der Waals surface area (Å²) in [6.07, 6.45) is 5.94. The number of hydrogen-bond donors (Lipinski definition) is 1. The highest BCUT2D eigenvalue weighted by molar-refractivity contribution is 5.27. The molecular formula is C14H18N4O2. The van der Waals surface area contributed by atoms with Crippen molar-refractivity contribution in [3.63, 3.8) is 0 Å². The van der Waals surface area contributed by atoms with Gasteiger partial charge in [-0.25, -0.2) is 4.98 Å². The van der Waals surface area contributed by atoms with Crippen molar-refractivity contribution in [1.29, 1.82) is 0 Å². The highest BCUT2D eigenvalue weighted by Crippen LogP contribution is 2.25. The number of pyridine rings is 1. The Balaban J connectivity index is 2.27. The number of hydrogen-bond acceptors (Lipinski definition) is 6. The highest BCUT2D eigenvalue weighted by Gasteiger charge is 2.19. The summed E-state index contributed by atoms with van der Waals surface area (Å²) >= 11 is 0. The third-order valence-electron chi connectivity index (χ3n) is 2.99. The zero-order chi connectivity index (χ0) is 14.4. The SMILES string of the molecule is CNC(Cc1cccnc1)c1ncc(OC)nc1OC. The molecule has 0 aliphatic heterocycles. The lowest BCUT2D eigenvalue weighted by molar-refractivity contribution is 0.350. The van der Waals surface area contributed by atoms with Crippen LogP contribution in [0.2, 0.25) is 0 Å². The molecule has 0 aromatic carbocycles. The second-order valence-electron chi connectivity index (χ2n) is 4.21. The molecule has 0 fully saturated rings. The highest BCUT2D eigenvalue weighted by atomic mass is 16.5. The topological polar surface area (TPSA) is 69.2 Å². The van der Waals surface area contributed by atoms with E-state index in [4.69, 9.17) is 9.47 Å². The lowest BCUT2D eigenvalue weighted by atomic mass is 10.1. The van der Waals surface area contributed by atoms with Crippen molar-refractivity contribution in [3.8, 4) is 11.8 Å². The predicted molar refractivity (Wildman–Crippen MR) is 74.9 cm³/mol. The number of aromatic nitrogens is 3. The van der Waals surface area contributed by atoms with Crippen LogP contribution in [0.1, 0.15) is 17.3 Å². The number of ether oxygens (including phenoxy) is 2. The van der Waals surface area contributed by atoms with Crippen LogP contribution in [-0.2, 0) is 6.42 Å². The lowest BCUT2D eigenvalue weighted by Gasteiger charge is -2.17. The molecule has 6 heteroatoms. The minimum absolute atomic E-state index is 0.00689. The van der Waals surface area contributed by atoms with Crippen LogP contribution < -0.4 is 14.8 Å². The van der Waals surface area contributed by atoms with E-state index in [9.17, 15) is 0 Å². The van der Waals surface area contributed by atoms with Crippen LogP contribution in [0.3, 0.4) is 0 Å². The molecule has 2 heterocycles. The van der Waals surface area contributed by atoms with Crippen molar-refractivity contribution in [3.05, 3.63) is 42.0 Å². The summed E-state index contributed by atoms with van der Waals surface area (Å²) in [6.45, 7) is 0. The molecule has 106 valence electrons. The summed E-state index contributed by atoms with van der Waals surface area (Å²) in [5, 5.41) is 3.23. The third-order valence-corrected chi connectivity index (χ3v) is 2.99. The van der Waals surface area contributed by atoms with E-state index in [-0.39, 0.29) is 6.04 Å². The molecule has 0 spiro atoms. The Labute approximate surface area is 118 Å². The molecule has 2 aromatic heterocycles. The van der Waals surface area contributed by atoms with Crippen molar-refractivity contribution in [2.24, 2.45) is 0 Å². The standard InChI is InChI=1S/C14H18N4O2/c1-15-11(7-10-5-4-6-16-8-10)13-14(20-3)18-12(19-2)9-17-13/h4-6,8-9,11,15H,7H2,1-3H3. The third kappa shape index (κ3) is 3.21. The van der Waals surface area contributed by atoms with Gasteiger partial charge in [0.2, 0.25) is 11.8 Å². The van der Waals surface area contributed by atoms with E-state index in [0.717, 1.165) is 17.7 Å². The first-order valence-corrected chi connectivity index (χ1v) is 6.29. The van der Waals surface area contributed by atoms with Crippen LogP contribution in [0, 0.1) is 0 Å². The van der Waals surface area contributed by atoms with Crippen molar-refractivity contribution in [2.75, 3.05) is 21.3 Å². The van der Waals surface area contributed by atoms with Gasteiger partial charge in [0.1, 0.15) is 5.69 Å². The van der Waals surface area contributed by atoms with Gasteiger partial charge < -0.3 is 14.8 Å². The van der Waals surface area contributed by atoms with E-state index in [1.807, 2.05) is 25.4 Å². The molecule has 0 saturated heterocycles. The minimum Gasteiger partial charge on any atom is -0.480 e. The van der Waals surface area contributed by atoms with Crippen molar-refractivity contribution >= 4 is 0 Å². The lowest BCUT2D eigenvalue weighted by Crippen LogP contribution is -2.21. The maximum absolute atomic E-state index is 5.30. The number of nitrogens with zero attached hydrogens (tertiary/aromatic N) is 3. The predicted octanol–water partition coefficient (Wildman–Crippen LogP) is 1.39. The second kappa shape index (κ2) is 6.81. The van der Waals surface area contributed by atoms with Gasteiger partial charge in [0.25, 0.3) is 0 Å². The van der Waals surface area contributed by atoms with Gasteiger partial charge in [0.15, 0.2) is 0 Å². The molecule has 0 aliphatic carbocycles. The number of nitrogens with one attached hydrogen (secondary N) is 1. The van der Waals surface area contributed by atoms with E-state index >= 15 is 0 Å². The number of rotatable bonds is 6. The molecule has 2 aromatic rings. The molecule has 20 heavy (non-hydrogen) atoms. The Hall–Kier alpha value is -2.21. The normalized spacial score (nSPS) is 11.9. The van der Waals surface area contributed by atoms with Crippen LogP contribution >= 0.6 is 0 Å². The Bertz CT molecular complexity index is 548. The molecular weight excluding hydrogens is 256 g/mol. The van der Waals surface area contributed by atoms with Crippen molar-refractivity contribution < 1.29 is 9.47 Å². The largest absolute Gasteiger partial charge is 0.480 e. The van der Waals surface area contributed by atoms with Crippen LogP contribution in [0.25, 0.3) is 0 Å². The fourth-order valence-corrected chi connectivity index (χ4v) is 1.94. The molecule has 1 unspecified atom stereocenters. The van der Waals surface area contributed by atoms with E-state index in [0.29, 0.717) is 11.8 Å². The maximum atomic E-state index is 5.30. The Morgan fingerprint density at radius 1 is 1.25 bits per heavy atom. The first kappa shape index (κ1) is 14.2. The van der Waals surface area contributed by atoms with E-state index in [2.05, 4.69) is 20.3 Å². The van der Waals surface area contributed by atoms with Gasteiger partial charge in [-0.05, 0) is 25.1 Å². The van der Waals surface area contributed by atoms with Gasteiger partial charge in [-0.15, -0.1) is 0 Å². The molecule has 0 radical (unpaired) electrons. The molecule has 6 nitrogen and oxygen atoms in total. The maximum Gasteiger partial charge on any atom is 0.240 e. The smallest absolute Gasteiger partial charge is 0.240 e. The average Bonchev–Trinajstić information content (AvgIpc) is 2.53. The van der Waals surface area contributed by atoms with Crippen LogP contribution in [0.5, 0.6) is 11.8 Å². The Morgan fingerprint density at radius 2 is 2.10 bits per heavy atom. The molecule has 0 amide bonds. The summed E-state index contributed by atoms with van der Waals surface area (Å²) in [4.78, 5) is 12.8. The van der Waals surface area contributed by atoms with Crippen LogP contribution in [0.4, 0.5) is 0 Å². The number of methoxy groups -OCH3 is 2. The van der Waals surface area contributed by atoms with Gasteiger partial charge in [-0.3, -0.25) is 4.98 Å². The quantitative estimate of drug-likeness (QED) is 0.858. The molecule has 1 atom stereocenters. The van der Waals surface area contributed by atoms with Gasteiger partial charge in [0.05, 0.1) is 26.5 Å². The molecule has 0 bridgehead atoms. The monoisotopic (exact) mass is 274 g/mol. The molecule has 0 aliphatic rings. The van der Waals surface area contributed by atoms with E-state index in [1.54, 1.807) is 26.6 Å². The Kier molecular flexibility index (Phi) is 4.84. The molecule has 2 rings (SSSR count). The fraction of sp³-hybridized carbons (Fsp3) is 0.357. The van der Waals surface area contributed by atoms with Gasteiger partial charge in [-0.1, -0.05) is 6.07 Å². The van der Waals surface area contributed by atoms with Gasteiger partial charge in [-0.2, -0.15) is 4.98 Å². The summed E-state index contributed by atoms with van der Waals surface area (Å²) in [7, 11) is 5.00. The Morgan fingerprint density at radius 3 is 2.70 bits per heavy atom. The summed E-state index contributed by atoms with van der Waals surface area (Å²) < 4.78 is 10.4. The van der Waals surface area contributed by atoms with Crippen molar-refractivity contribution in [1.82, 2.24) is 20.3 Å². The molecule has 0 saturated carbocycles. The number of likely N-dealkylation sites (N-methyl/N-ethyl adjacent to an activating group) is 1.